The number of hydrogen-bond donors (Lipinski definition) is 1. The number of ketones is 1. The molecule has 3 rings (SSSR count). The van der Waals surface area contributed by atoms with Crippen molar-refractivity contribution in [2.75, 3.05) is 11.9 Å². The summed E-state index contributed by atoms with van der Waals surface area (Å²) < 4.78 is 4.87. The zero-order valence-corrected chi connectivity index (χ0v) is 18.7. The number of rotatable bonds is 10. The van der Waals surface area contributed by atoms with Crippen LogP contribution in [0.3, 0.4) is 0 Å². The number of carbonyl (C=O) groups is 2. The highest BCUT2D eigenvalue weighted by atomic mass is 32.1. The summed E-state index contributed by atoms with van der Waals surface area (Å²) in [7, 11) is 0. The van der Waals surface area contributed by atoms with Crippen LogP contribution < -0.4 is 5.32 Å². The van der Waals surface area contributed by atoms with E-state index in [9.17, 15) is 9.59 Å². The average Bonchev–Trinajstić information content (AvgIpc) is 3.23. The molecule has 31 heavy (non-hydrogen) atoms. The minimum absolute atomic E-state index is 0.0220. The highest BCUT2D eigenvalue weighted by Crippen LogP contribution is 2.31. The lowest BCUT2D eigenvalue weighted by atomic mass is 10.0. The number of pyridine rings is 2. The summed E-state index contributed by atoms with van der Waals surface area (Å²) in [4.78, 5) is 38.0. The van der Waals surface area contributed by atoms with Crippen LogP contribution in [-0.2, 0) is 14.3 Å². The minimum atomic E-state index is -0.333. The number of nitrogens with zero attached hydrogens (tertiary/aromatic N) is 3. The number of nitrogens with one attached hydrogen (secondary N) is 1. The lowest BCUT2D eigenvalue weighted by Crippen LogP contribution is -2.09. The second-order valence-corrected chi connectivity index (χ2v) is 8.33. The summed E-state index contributed by atoms with van der Waals surface area (Å²) in [5.41, 5.74) is 1.92. The molecule has 0 aliphatic rings. The van der Waals surface area contributed by atoms with Crippen LogP contribution in [0.25, 0.3) is 10.6 Å². The van der Waals surface area contributed by atoms with Crippen LogP contribution in [0.1, 0.15) is 49.6 Å². The van der Waals surface area contributed by atoms with Crippen molar-refractivity contribution in [3.05, 3.63) is 53.3 Å². The van der Waals surface area contributed by atoms with Gasteiger partial charge in [-0.05, 0) is 43.7 Å². The lowest BCUT2D eigenvalue weighted by molar-refractivity contribution is -0.144. The van der Waals surface area contributed by atoms with Crippen LogP contribution in [-0.4, -0.2) is 33.3 Å². The van der Waals surface area contributed by atoms with E-state index in [0.29, 0.717) is 18.8 Å². The third kappa shape index (κ3) is 6.68. The smallest absolute Gasteiger partial charge is 0.306 e. The Morgan fingerprint density at radius 1 is 1.16 bits per heavy atom. The Kier molecular flexibility index (Phi) is 7.83. The molecular formula is C23H26N4O3S. The van der Waals surface area contributed by atoms with E-state index in [2.05, 4.69) is 20.3 Å². The fraction of sp³-hybridized carbons (Fsp3) is 0.348. The molecule has 7 nitrogen and oxygen atoms in total. The number of thiazole rings is 1. The largest absolute Gasteiger partial charge is 0.466 e. The molecular weight excluding hydrogens is 412 g/mol. The molecule has 0 spiro atoms. The van der Waals surface area contributed by atoms with Crippen LogP contribution in [0.15, 0.2) is 42.7 Å². The number of aromatic nitrogens is 3. The topological polar surface area (TPSA) is 94.1 Å². The summed E-state index contributed by atoms with van der Waals surface area (Å²) in [5.74, 6) is 1.12. The number of anilines is 2. The molecule has 0 aliphatic carbocycles. The molecule has 0 saturated carbocycles. The SMILES string of the molecule is CCOC(=O)CCC(=O)CC(C)c1ncc(-c2cccc(Nc3cc(C)ccn3)n2)s1. The summed E-state index contributed by atoms with van der Waals surface area (Å²) in [5, 5.41) is 4.10. The predicted octanol–water partition coefficient (Wildman–Crippen LogP) is 5.06. The zero-order valence-electron chi connectivity index (χ0n) is 17.9. The molecule has 1 atom stereocenters. The fourth-order valence-electron chi connectivity index (χ4n) is 3.02. The van der Waals surface area contributed by atoms with Gasteiger partial charge in [-0.15, -0.1) is 11.3 Å². The number of hydrogen-bond acceptors (Lipinski definition) is 8. The van der Waals surface area contributed by atoms with Crippen LogP contribution in [0, 0.1) is 6.92 Å². The van der Waals surface area contributed by atoms with Crippen molar-refractivity contribution in [3.8, 4) is 10.6 Å². The Labute approximate surface area is 185 Å². The highest BCUT2D eigenvalue weighted by molar-refractivity contribution is 7.15. The zero-order chi connectivity index (χ0) is 22.2. The molecule has 0 radical (unpaired) electrons. The van der Waals surface area contributed by atoms with E-state index in [4.69, 9.17) is 4.74 Å². The molecule has 1 N–H and O–H groups in total. The summed E-state index contributed by atoms with van der Waals surface area (Å²) in [6.45, 7) is 6.07. The van der Waals surface area contributed by atoms with Gasteiger partial charge in [-0.25, -0.2) is 15.0 Å². The molecule has 3 aromatic rings. The van der Waals surface area contributed by atoms with Gasteiger partial charge >= 0.3 is 5.97 Å². The maximum absolute atomic E-state index is 12.2. The van der Waals surface area contributed by atoms with E-state index >= 15 is 0 Å². The van der Waals surface area contributed by atoms with Crippen molar-refractivity contribution in [2.45, 2.75) is 46.0 Å². The normalized spacial score (nSPS) is 11.7. The lowest BCUT2D eigenvalue weighted by Gasteiger charge is -2.07. The average molecular weight is 439 g/mol. The van der Waals surface area contributed by atoms with Crippen molar-refractivity contribution in [1.82, 2.24) is 15.0 Å². The van der Waals surface area contributed by atoms with Gasteiger partial charge in [0.1, 0.15) is 17.4 Å². The first-order chi connectivity index (χ1) is 14.9. The molecule has 8 heteroatoms. The van der Waals surface area contributed by atoms with E-state index in [1.807, 2.05) is 44.2 Å². The van der Waals surface area contributed by atoms with Gasteiger partial charge in [0.2, 0.25) is 0 Å². The molecule has 0 saturated heterocycles. The molecule has 0 aliphatic heterocycles. The molecule has 0 bridgehead atoms. The molecule has 0 aromatic carbocycles. The van der Waals surface area contributed by atoms with Crippen LogP contribution >= 0.6 is 11.3 Å². The third-order valence-corrected chi connectivity index (χ3v) is 5.82. The Balaban J connectivity index is 1.62. The number of esters is 1. The van der Waals surface area contributed by atoms with Gasteiger partial charge < -0.3 is 10.1 Å². The number of Topliss-reactive ketones (excluding diaryl/α,β-unsaturated/α-hetero) is 1. The van der Waals surface area contributed by atoms with E-state index < -0.39 is 0 Å². The van der Waals surface area contributed by atoms with E-state index in [0.717, 1.165) is 27.0 Å². The maximum Gasteiger partial charge on any atom is 0.306 e. The Morgan fingerprint density at radius 2 is 2.00 bits per heavy atom. The second-order valence-electron chi connectivity index (χ2n) is 7.26. The summed E-state index contributed by atoms with van der Waals surface area (Å²) in [6.07, 6.45) is 4.22. The summed E-state index contributed by atoms with van der Waals surface area (Å²) in [6, 6.07) is 9.65. The van der Waals surface area contributed by atoms with Crippen LogP contribution in [0.2, 0.25) is 0 Å². The van der Waals surface area contributed by atoms with Gasteiger partial charge in [0, 0.05) is 31.2 Å². The number of carbonyl (C=O) groups excluding carboxylic acids is 2. The van der Waals surface area contributed by atoms with Gasteiger partial charge in [-0.1, -0.05) is 13.0 Å². The van der Waals surface area contributed by atoms with Crippen molar-refractivity contribution in [1.29, 1.82) is 0 Å². The Hall–Kier alpha value is -3.13. The van der Waals surface area contributed by atoms with Crippen molar-refractivity contribution in [3.63, 3.8) is 0 Å². The van der Waals surface area contributed by atoms with Crippen molar-refractivity contribution < 1.29 is 14.3 Å². The number of ether oxygens (including phenoxy) is 1. The first kappa shape index (κ1) is 22.6. The highest BCUT2D eigenvalue weighted by Gasteiger charge is 2.17. The molecule has 3 aromatic heterocycles. The number of aryl methyl sites for hydroxylation is 1. The molecule has 0 fully saturated rings. The van der Waals surface area contributed by atoms with Crippen LogP contribution in [0.4, 0.5) is 11.6 Å². The maximum atomic E-state index is 12.2. The third-order valence-electron chi connectivity index (χ3n) is 4.57. The minimum Gasteiger partial charge on any atom is -0.466 e. The van der Waals surface area contributed by atoms with E-state index in [1.54, 1.807) is 19.3 Å². The van der Waals surface area contributed by atoms with E-state index in [-0.39, 0.29) is 30.5 Å². The fourth-order valence-corrected chi connectivity index (χ4v) is 3.96. The summed E-state index contributed by atoms with van der Waals surface area (Å²) >= 11 is 1.53. The molecule has 0 amide bonds. The van der Waals surface area contributed by atoms with Crippen molar-refractivity contribution in [2.24, 2.45) is 0 Å². The Bertz CT molecular complexity index is 1050. The monoisotopic (exact) mass is 438 g/mol. The van der Waals surface area contributed by atoms with E-state index in [1.165, 1.54) is 11.3 Å². The van der Waals surface area contributed by atoms with Gasteiger partial charge in [0.25, 0.3) is 0 Å². The quantitative estimate of drug-likeness (QED) is 0.442. The predicted molar refractivity (Wildman–Crippen MR) is 122 cm³/mol. The van der Waals surface area contributed by atoms with Gasteiger partial charge in [0.05, 0.1) is 28.6 Å². The van der Waals surface area contributed by atoms with Gasteiger partial charge in [0.15, 0.2) is 0 Å². The second kappa shape index (κ2) is 10.8. The first-order valence-electron chi connectivity index (χ1n) is 10.2. The standard InChI is InChI=1S/C23H26N4O3S/c1-4-30-22(29)9-8-17(28)13-16(3)23-25-14-19(31-23)18-6-5-7-20(26-18)27-21-12-15(2)10-11-24-21/h5-7,10-12,14,16H,4,8-9,13H2,1-3H3,(H,24,26,27). The van der Waals surface area contributed by atoms with Gasteiger partial charge in [-0.2, -0.15) is 0 Å². The molecule has 1 unspecified atom stereocenters. The van der Waals surface area contributed by atoms with Gasteiger partial charge in [-0.3, -0.25) is 9.59 Å². The molecule has 3 heterocycles. The molecule has 162 valence electrons. The van der Waals surface area contributed by atoms with Crippen LogP contribution in [0.5, 0.6) is 0 Å². The Morgan fingerprint density at radius 3 is 2.77 bits per heavy atom. The first-order valence-corrected chi connectivity index (χ1v) is 11.1. The van der Waals surface area contributed by atoms with Crippen molar-refractivity contribution >= 4 is 34.7 Å².